The molecule has 6 heavy (non-hydrogen) atoms. The zero-order valence-electron chi connectivity index (χ0n) is 2.77. The molecule has 32 valence electrons. The Balaban J connectivity index is 3.05. The van der Waals surface area contributed by atoms with E-state index in [1.807, 2.05) is 0 Å². The largest absolute Gasteiger partial charge is 0.663 e. The third kappa shape index (κ3) is 0.436. The van der Waals surface area contributed by atoms with Crippen molar-refractivity contribution in [2.45, 2.75) is 0 Å². The quantitative estimate of drug-likeness (QED) is 0.392. The summed E-state index contributed by atoms with van der Waals surface area (Å²) in [6, 6.07) is 0. The van der Waals surface area contributed by atoms with E-state index in [0.717, 1.165) is 4.09 Å². The lowest BCUT2D eigenvalue weighted by atomic mass is 11.4. The van der Waals surface area contributed by atoms with E-state index >= 15 is 0 Å². The molecule has 0 aliphatic rings. The van der Waals surface area contributed by atoms with Crippen LogP contribution in [0.4, 0.5) is 0 Å². The van der Waals surface area contributed by atoms with E-state index in [-0.39, 0.29) is 0 Å². The molecule has 0 amide bonds. The van der Waals surface area contributed by atoms with Gasteiger partial charge in [-0.3, -0.25) is 0 Å². The molecule has 1 rings (SSSR count). The first kappa shape index (κ1) is 3.48. The van der Waals surface area contributed by atoms with E-state index < -0.39 is 0 Å². The monoisotopic (exact) mass is 101 g/mol. The lowest BCUT2D eigenvalue weighted by Crippen LogP contribution is -1.83. The second kappa shape index (κ2) is 1.17. The summed E-state index contributed by atoms with van der Waals surface area (Å²) in [7, 11) is 0. The highest BCUT2D eigenvalue weighted by molar-refractivity contribution is 7.56. The van der Waals surface area contributed by atoms with Gasteiger partial charge >= 0.3 is 0 Å². The van der Waals surface area contributed by atoms with E-state index in [2.05, 4.69) is 28.3 Å². The van der Waals surface area contributed by atoms with Crippen LogP contribution in [0, 0.1) is 0 Å². The Morgan fingerprint density at radius 1 is 1.67 bits per heavy atom. The molecule has 0 aromatic carbocycles. The number of aromatic nitrogens is 4. The van der Waals surface area contributed by atoms with Gasteiger partial charge in [0.05, 0.1) is 0 Å². The first-order valence-electron chi connectivity index (χ1n) is 1.30. The fraction of sp³-hybridized carbons (Fsp3) is 0. The zero-order valence-corrected chi connectivity index (χ0v) is 3.59. The van der Waals surface area contributed by atoms with Crippen LogP contribution in [-0.2, 0) is 12.8 Å². The smallest absolute Gasteiger partial charge is 0.118 e. The van der Waals surface area contributed by atoms with Gasteiger partial charge in [-0.2, -0.15) is 0 Å². The van der Waals surface area contributed by atoms with Gasteiger partial charge in [-0.05, 0) is 5.21 Å². The van der Waals surface area contributed by atoms with Crippen LogP contribution in [0.25, 0.3) is 0 Å². The maximum absolute atomic E-state index is 4.43. The minimum absolute atomic E-state index is 1.11. The molecular weight excluding hydrogens is 100 g/mol. The summed E-state index contributed by atoms with van der Waals surface area (Å²) < 4.78 is 1.11. The molecule has 1 aromatic heterocycles. The van der Waals surface area contributed by atoms with Gasteiger partial charge in [-0.1, -0.05) is 5.21 Å². The minimum Gasteiger partial charge on any atom is -0.663 e. The second-order valence-corrected chi connectivity index (χ2v) is 1.09. The minimum atomic E-state index is 1.11. The predicted octanol–water partition coefficient (Wildman–Crippen LogP) is -1.02. The third-order valence-electron chi connectivity index (χ3n) is 0.330. The summed E-state index contributed by atoms with van der Waals surface area (Å²) in [5.74, 6) is 0. The highest BCUT2D eigenvalue weighted by Crippen LogP contribution is 1.60. The Hall–Kier alpha value is -0.710. The predicted molar refractivity (Wildman–Crippen MR) is 20.6 cm³/mol. The molecular formula is CHN4S-. The first-order valence-corrected chi connectivity index (χ1v) is 1.66. The Bertz CT molecular complexity index is 111. The van der Waals surface area contributed by atoms with Crippen LogP contribution >= 0.6 is 0 Å². The van der Waals surface area contributed by atoms with Crippen LogP contribution in [0.2, 0.25) is 0 Å². The molecule has 1 aromatic rings. The molecule has 0 aliphatic carbocycles. The van der Waals surface area contributed by atoms with Crippen molar-refractivity contribution in [2.75, 3.05) is 0 Å². The highest BCUT2D eigenvalue weighted by Gasteiger charge is 1.64. The molecule has 0 radical (unpaired) electrons. The van der Waals surface area contributed by atoms with Gasteiger partial charge in [0.1, 0.15) is 6.33 Å². The fourth-order valence-electron chi connectivity index (χ4n) is 0.153. The molecule has 0 saturated carbocycles. The molecule has 0 unspecified atom stereocenters. The lowest BCUT2D eigenvalue weighted by Gasteiger charge is -1.93. The number of tetrazole rings is 1. The van der Waals surface area contributed by atoms with Gasteiger partial charge in [0.2, 0.25) is 0 Å². The molecule has 4 nitrogen and oxygen atoms in total. The summed E-state index contributed by atoms with van der Waals surface area (Å²) in [6.07, 6.45) is 1.34. The van der Waals surface area contributed by atoms with Crippen molar-refractivity contribution < 1.29 is 0 Å². The van der Waals surface area contributed by atoms with Gasteiger partial charge in [-0.15, -0.1) is 5.10 Å². The molecule has 0 fully saturated rings. The van der Waals surface area contributed by atoms with Crippen LogP contribution in [0.1, 0.15) is 0 Å². The van der Waals surface area contributed by atoms with E-state index in [0.29, 0.717) is 0 Å². The molecule has 0 spiro atoms. The number of nitrogens with zero attached hydrogens (tertiary/aromatic N) is 4. The third-order valence-corrected chi connectivity index (χ3v) is 0.498. The molecule has 1 heterocycles. The van der Waals surface area contributed by atoms with Crippen molar-refractivity contribution in [3.8, 4) is 0 Å². The van der Waals surface area contributed by atoms with Gasteiger partial charge < -0.3 is 16.9 Å². The van der Waals surface area contributed by atoms with E-state index in [9.17, 15) is 0 Å². The normalized spacial score (nSPS) is 8.67. The summed E-state index contributed by atoms with van der Waals surface area (Å²) in [4.78, 5) is 0. The molecule has 0 N–H and O–H groups in total. The van der Waals surface area contributed by atoms with Gasteiger partial charge in [0, 0.05) is 0 Å². The van der Waals surface area contributed by atoms with Crippen molar-refractivity contribution in [1.29, 1.82) is 0 Å². The maximum atomic E-state index is 4.43. The topological polar surface area (TPSA) is 43.6 Å². The van der Waals surface area contributed by atoms with E-state index in [1.165, 1.54) is 6.33 Å². The van der Waals surface area contributed by atoms with Crippen LogP contribution < -0.4 is 0 Å². The Kier molecular flexibility index (Phi) is 0.681. The number of rotatable bonds is 0. The van der Waals surface area contributed by atoms with Gasteiger partial charge in [-0.25, -0.2) is 0 Å². The molecule has 0 saturated heterocycles. The van der Waals surface area contributed by atoms with E-state index in [1.54, 1.807) is 0 Å². The van der Waals surface area contributed by atoms with Crippen molar-refractivity contribution in [1.82, 2.24) is 19.6 Å². The molecule has 5 heteroatoms. The van der Waals surface area contributed by atoms with Crippen molar-refractivity contribution >= 4 is 12.8 Å². The average Bonchev–Trinajstić information content (AvgIpc) is 1.86. The summed E-state index contributed by atoms with van der Waals surface area (Å²) >= 11 is 4.43. The Morgan fingerprint density at radius 3 is 2.67 bits per heavy atom. The van der Waals surface area contributed by atoms with Crippen LogP contribution in [0.3, 0.4) is 0 Å². The Morgan fingerprint density at radius 2 is 2.50 bits per heavy atom. The summed E-state index contributed by atoms with van der Waals surface area (Å²) in [6.45, 7) is 0. The van der Waals surface area contributed by atoms with E-state index in [4.69, 9.17) is 0 Å². The highest BCUT2D eigenvalue weighted by atomic mass is 32.1. The van der Waals surface area contributed by atoms with Crippen molar-refractivity contribution in [3.63, 3.8) is 0 Å². The number of hydrogen-bond donors (Lipinski definition) is 0. The summed E-state index contributed by atoms with van der Waals surface area (Å²) in [5.41, 5.74) is 0. The van der Waals surface area contributed by atoms with Crippen molar-refractivity contribution in [2.24, 2.45) is 0 Å². The second-order valence-electron chi connectivity index (χ2n) is 0.712. The SMILES string of the molecule is [S-]n1cnnn1. The fourth-order valence-corrected chi connectivity index (χ4v) is 0.228. The van der Waals surface area contributed by atoms with Crippen LogP contribution in [0.15, 0.2) is 6.33 Å². The van der Waals surface area contributed by atoms with Gasteiger partial charge in [0.15, 0.2) is 0 Å². The Labute approximate surface area is 39.7 Å². The number of hydrogen-bond acceptors (Lipinski definition) is 4. The zero-order chi connectivity index (χ0) is 4.41. The van der Waals surface area contributed by atoms with Crippen molar-refractivity contribution in [3.05, 3.63) is 6.33 Å². The molecule has 0 atom stereocenters. The average molecular weight is 101 g/mol. The lowest BCUT2D eigenvalue weighted by molar-refractivity contribution is 0.856. The first-order chi connectivity index (χ1) is 2.89. The molecule has 0 bridgehead atoms. The van der Waals surface area contributed by atoms with Crippen LogP contribution in [0.5, 0.6) is 0 Å². The molecule has 0 aliphatic heterocycles. The standard InChI is InChI=1S/CHN4S/c6-5-1-2-3-4-5/h1H/q-1. The maximum Gasteiger partial charge on any atom is 0.118 e. The summed E-state index contributed by atoms with van der Waals surface area (Å²) in [5, 5.41) is 9.79. The van der Waals surface area contributed by atoms with Crippen LogP contribution in [-0.4, -0.2) is 19.6 Å². The van der Waals surface area contributed by atoms with Gasteiger partial charge in [0.25, 0.3) is 0 Å².